The molecule has 3 aromatic carbocycles. The van der Waals surface area contributed by atoms with E-state index in [4.69, 9.17) is 5.10 Å². The number of benzene rings is 3. The Morgan fingerprint density at radius 3 is 2.18 bits per heavy atom. The van der Waals surface area contributed by atoms with Crippen LogP contribution >= 0.6 is 0 Å². The molecule has 45 heavy (non-hydrogen) atoms. The summed E-state index contributed by atoms with van der Waals surface area (Å²) in [6.07, 6.45) is 3.66. The lowest BCUT2D eigenvalue weighted by atomic mass is 9.51. The molecule has 1 unspecified atom stereocenters. The number of sulfonamides is 2. The Morgan fingerprint density at radius 1 is 0.911 bits per heavy atom. The first-order valence-electron chi connectivity index (χ1n) is 14.7. The van der Waals surface area contributed by atoms with E-state index < -0.39 is 31.4 Å². The van der Waals surface area contributed by atoms with Crippen LogP contribution in [0.1, 0.15) is 36.6 Å². The van der Waals surface area contributed by atoms with E-state index in [0.29, 0.717) is 10.1 Å². The number of nitriles is 1. The van der Waals surface area contributed by atoms with Gasteiger partial charge in [0.05, 0.1) is 35.7 Å². The standard InChI is InChI=1S/C34H34N4O5S2/c1-22-30-18-17-29-31(37(2)36-33(29)34(30,20-26(21-35)32(22)39)27-11-6-5-7-12-27)25-10-8-9-24(19-25)23-13-15-28(16-14-23)38(44(3,40)41)45(4,42)43/h5-16,19,22,26,30H,17-18,20H2,1-4H3/t22-,26?,30-,34-/m0/s1. The normalized spacial score (nSPS) is 23.1. The van der Waals surface area contributed by atoms with Crippen LogP contribution in [0.15, 0.2) is 78.9 Å². The first-order chi connectivity index (χ1) is 21.3. The van der Waals surface area contributed by atoms with Gasteiger partial charge in [-0.2, -0.15) is 14.1 Å². The first kappa shape index (κ1) is 30.7. The largest absolute Gasteiger partial charge is 0.298 e. The van der Waals surface area contributed by atoms with Gasteiger partial charge in [-0.05, 0) is 60.1 Å². The fourth-order valence-electron chi connectivity index (χ4n) is 7.67. The SMILES string of the molecule is C[C@@H]1C(=O)C(C#N)C[C@@]2(c3ccccc3)c3nn(C)c(-c4cccc(-c5ccc(N(S(C)(=O)=O)S(C)(=O)=O)cc5)c4)c3CC[C@@H]12. The Morgan fingerprint density at radius 2 is 1.56 bits per heavy atom. The van der Waals surface area contributed by atoms with Crippen molar-refractivity contribution in [1.29, 1.82) is 5.26 Å². The molecule has 1 heterocycles. The van der Waals surface area contributed by atoms with Crippen LogP contribution in [-0.2, 0) is 43.7 Å². The number of Topliss-reactive ketones (excluding diaryl/α,β-unsaturated/α-hetero) is 1. The van der Waals surface area contributed by atoms with Crippen LogP contribution in [0.5, 0.6) is 0 Å². The molecule has 0 amide bonds. The van der Waals surface area contributed by atoms with Crippen molar-refractivity contribution in [3.8, 4) is 28.5 Å². The van der Waals surface area contributed by atoms with Crippen molar-refractivity contribution >= 4 is 31.5 Å². The Balaban J connectivity index is 1.45. The molecular formula is C34H34N4O5S2. The average Bonchev–Trinajstić information content (AvgIpc) is 3.34. The molecule has 1 aromatic heterocycles. The van der Waals surface area contributed by atoms with Gasteiger partial charge in [0.15, 0.2) is 5.78 Å². The summed E-state index contributed by atoms with van der Waals surface area (Å²) >= 11 is 0. The second-order valence-electron chi connectivity index (χ2n) is 12.2. The Labute approximate surface area is 264 Å². The summed E-state index contributed by atoms with van der Waals surface area (Å²) < 4.78 is 51.3. The molecule has 1 saturated carbocycles. The van der Waals surface area contributed by atoms with Crippen LogP contribution in [0, 0.1) is 29.1 Å². The fourth-order valence-corrected chi connectivity index (χ4v) is 10.6. The average molecular weight is 643 g/mol. The molecule has 6 rings (SSSR count). The van der Waals surface area contributed by atoms with E-state index in [2.05, 4.69) is 18.2 Å². The van der Waals surface area contributed by atoms with E-state index in [1.54, 1.807) is 12.1 Å². The zero-order chi connectivity index (χ0) is 32.3. The minimum atomic E-state index is -4.05. The lowest BCUT2D eigenvalue weighted by molar-refractivity contribution is -0.131. The van der Waals surface area contributed by atoms with Crippen molar-refractivity contribution in [2.45, 2.75) is 31.6 Å². The molecule has 4 aromatic rings. The number of hydrogen-bond acceptors (Lipinski definition) is 7. The lowest BCUT2D eigenvalue weighted by Gasteiger charge is -2.50. The van der Waals surface area contributed by atoms with Gasteiger partial charge in [-0.3, -0.25) is 9.48 Å². The van der Waals surface area contributed by atoms with Gasteiger partial charge in [0.1, 0.15) is 5.92 Å². The van der Waals surface area contributed by atoms with Crippen molar-refractivity contribution in [2.24, 2.45) is 24.8 Å². The van der Waals surface area contributed by atoms with Crippen LogP contribution in [0.4, 0.5) is 5.69 Å². The zero-order valence-electron chi connectivity index (χ0n) is 25.5. The summed E-state index contributed by atoms with van der Waals surface area (Å²) in [5, 5.41) is 15.2. The van der Waals surface area contributed by atoms with E-state index in [0.717, 1.165) is 64.6 Å². The van der Waals surface area contributed by atoms with Gasteiger partial charge in [-0.15, -0.1) is 0 Å². The number of ketones is 1. The lowest BCUT2D eigenvalue weighted by Crippen LogP contribution is -2.52. The van der Waals surface area contributed by atoms with Crippen molar-refractivity contribution in [3.05, 3.63) is 95.7 Å². The Hall–Kier alpha value is -4.27. The second kappa shape index (κ2) is 11.0. The summed E-state index contributed by atoms with van der Waals surface area (Å²) in [6.45, 7) is 1.96. The molecule has 232 valence electrons. The predicted molar refractivity (Wildman–Crippen MR) is 173 cm³/mol. The van der Waals surface area contributed by atoms with E-state index in [1.165, 1.54) is 12.1 Å². The van der Waals surface area contributed by atoms with E-state index in [1.807, 2.05) is 61.1 Å². The molecule has 0 N–H and O–H groups in total. The second-order valence-corrected chi connectivity index (χ2v) is 16.1. The summed E-state index contributed by atoms with van der Waals surface area (Å²) in [4.78, 5) is 13.2. The highest BCUT2D eigenvalue weighted by Crippen LogP contribution is 2.57. The van der Waals surface area contributed by atoms with Gasteiger partial charge >= 0.3 is 0 Å². The smallest absolute Gasteiger partial charge is 0.245 e. The third kappa shape index (κ3) is 5.06. The van der Waals surface area contributed by atoms with Crippen LogP contribution in [0.3, 0.4) is 0 Å². The van der Waals surface area contributed by atoms with Crippen molar-refractivity contribution < 1.29 is 21.6 Å². The third-order valence-electron chi connectivity index (χ3n) is 9.42. The van der Waals surface area contributed by atoms with Crippen molar-refractivity contribution in [1.82, 2.24) is 9.78 Å². The summed E-state index contributed by atoms with van der Waals surface area (Å²) in [7, 11) is -6.18. The molecule has 11 heteroatoms. The Bertz CT molecular complexity index is 2030. The Kier molecular flexibility index (Phi) is 7.49. The van der Waals surface area contributed by atoms with Crippen LogP contribution < -0.4 is 3.71 Å². The fraction of sp³-hybridized carbons (Fsp3) is 0.324. The molecule has 9 nitrogen and oxygen atoms in total. The summed E-state index contributed by atoms with van der Waals surface area (Å²) in [6, 6.07) is 26.8. The number of hydrogen-bond donors (Lipinski definition) is 0. The van der Waals surface area contributed by atoms with E-state index in [9.17, 15) is 26.9 Å². The molecule has 0 aliphatic heterocycles. The number of carbonyl (C=O) groups excluding carboxylic acids is 1. The minimum Gasteiger partial charge on any atom is -0.298 e. The number of aromatic nitrogens is 2. The number of carbonyl (C=O) groups is 1. The molecule has 0 saturated heterocycles. The zero-order valence-corrected chi connectivity index (χ0v) is 27.1. The predicted octanol–water partition coefficient (Wildman–Crippen LogP) is 5.08. The summed E-state index contributed by atoms with van der Waals surface area (Å²) in [5.74, 6) is -0.936. The van der Waals surface area contributed by atoms with Gasteiger partial charge < -0.3 is 0 Å². The molecule has 0 spiro atoms. The third-order valence-corrected chi connectivity index (χ3v) is 12.7. The molecule has 2 aliphatic rings. The molecule has 2 aliphatic carbocycles. The highest BCUT2D eigenvalue weighted by molar-refractivity contribution is 8.09. The number of aryl methyl sites for hydroxylation is 1. The van der Waals surface area contributed by atoms with Crippen LogP contribution in [-0.4, -0.2) is 44.9 Å². The molecular weight excluding hydrogens is 609 g/mol. The van der Waals surface area contributed by atoms with Crippen molar-refractivity contribution in [3.63, 3.8) is 0 Å². The molecule has 0 bridgehead atoms. The van der Waals surface area contributed by atoms with E-state index in [-0.39, 0.29) is 23.3 Å². The van der Waals surface area contributed by atoms with Crippen molar-refractivity contribution in [2.75, 3.05) is 16.2 Å². The van der Waals surface area contributed by atoms with Gasteiger partial charge in [0.2, 0.25) is 20.0 Å². The van der Waals surface area contributed by atoms with Gasteiger partial charge in [0.25, 0.3) is 0 Å². The van der Waals surface area contributed by atoms with Gasteiger partial charge in [0, 0.05) is 29.5 Å². The number of fused-ring (bicyclic) bond motifs is 3. The van der Waals surface area contributed by atoms with Gasteiger partial charge in [-0.25, -0.2) is 16.8 Å². The quantitative estimate of drug-likeness (QED) is 0.287. The summed E-state index contributed by atoms with van der Waals surface area (Å²) in [5.41, 5.74) is 6.15. The number of anilines is 1. The highest BCUT2D eigenvalue weighted by atomic mass is 32.3. The molecule has 0 radical (unpaired) electrons. The maximum absolute atomic E-state index is 13.2. The molecule has 4 atom stereocenters. The molecule has 1 fully saturated rings. The minimum absolute atomic E-state index is 0.0172. The number of nitrogens with zero attached hydrogens (tertiary/aromatic N) is 4. The van der Waals surface area contributed by atoms with Gasteiger partial charge in [-0.1, -0.05) is 67.6 Å². The topological polar surface area (TPSA) is 130 Å². The maximum atomic E-state index is 13.2. The number of rotatable bonds is 6. The highest BCUT2D eigenvalue weighted by Gasteiger charge is 2.57. The van der Waals surface area contributed by atoms with E-state index >= 15 is 0 Å². The maximum Gasteiger partial charge on any atom is 0.245 e. The first-order valence-corrected chi connectivity index (χ1v) is 18.4. The van der Waals surface area contributed by atoms with Crippen LogP contribution in [0.2, 0.25) is 0 Å². The monoisotopic (exact) mass is 642 g/mol. The van der Waals surface area contributed by atoms with Crippen LogP contribution in [0.25, 0.3) is 22.4 Å².